The van der Waals surface area contributed by atoms with Gasteiger partial charge in [-0.15, -0.1) is 0 Å². The van der Waals surface area contributed by atoms with Gasteiger partial charge >= 0.3 is 0 Å². The van der Waals surface area contributed by atoms with Crippen LogP contribution in [0, 0.1) is 5.82 Å². The number of benzene rings is 1. The van der Waals surface area contributed by atoms with Gasteiger partial charge in [0.1, 0.15) is 11.5 Å². The number of nitrogens with one attached hydrogen (secondary N) is 1. The third-order valence-electron chi connectivity index (χ3n) is 2.64. The highest BCUT2D eigenvalue weighted by molar-refractivity contribution is 6.30. The lowest BCUT2D eigenvalue weighted by Crippen LogP contribution is -2.13. The Labute approximate surface area is 115 Å². The molecule has 5 heteroatoms. The summed E-state index contributed by atoms with van der Waals surface area (Å²) in [4.78, 5) is 15.8. The summed E-state index contributed by atoms with van der Waals surface area (Å²) in [7, 11) is 0. The number of amides is 1. The molecule has 0 aliphatic carbocycles. The summed E-state index contributed by atoms with van der Waals surface area (Å²) < 4.78 is 13.3. The van der Waals surface area contributed by atoms with E-state index in [0.717, 1.165) is 0 Å². The van der Waals surface area contributed by atoms with Crippen LogP contribution in [-0.4, -0.2) is 10.9 Å². The van der Waals surface area contributed by atoms with Gasteiger partial charge in [-0.05, 0) is 42.3 Å². The zero-order valence-electron chi connectivity index (χ0n) is 10.3. The molecular formula is C14H12ClFN2O. The minimum atomic E-state index is -0.356. The van der Waals surface area contributed by atoms with Crippen LogP contribution in [0.3, 0.4) is 0 Å². The Balaban J connectivity index is 2.17. The monoisotopic (exact) mass is 278 g/mol. The molecule has 19 heavy (non-hydrogen) atoms. The average molecular weight is 279 g/mol. The molecule has 2 rings (SSSR count). The fraction of sp³-hybridized carbons (Fsp3) is 0.143. The van der Waals surface area contributed by atoms with Crippen LogP contribution in [0.15, 0.2) is 36.5 Å². The van der Waals surface area contributed by atoms with E-state index in [0.29, 0.717) is 22.7 Å². The van der Waals surface area contributed by atoms with Crippen molar-refractivity contribution in [2.45, 2.75) is 13.3 Å². The van der Waals surface area contributed by atoms with E-state index >= 15 is 0 Å². The van der Waals surface area contributed by atoms with Gasteiger partial charge in [-0.3, -0.25) is 4.79 Å². The smallest absolute Gasteiger partial charge is 0.274 e. The number of carbonyl (C=O) groups excluding carboxylic acids is 1. The number of halogens is 2. The highest BCUT2D eigenvalue weighted by atomic mass is 35.5. The molecule has 0 aliphatic heterocycles. The minimum absolute atomic E-state index is 0.256. The Morgan fingerprint density at radius 2 is 2.16 bits per heavy atom. The van der Waals surface area contributed by atoms with Crippen molar-refractivity contribution in [1.82, 2.24) is 4.98 Å². The van der Waals surface area contributed by atoms with Gasteiger partial charge in [0.05, 0.1) is 5.02 Å². The Kier molecular flexibility index (Phi) is 4.12. The van der Waals surface area contributed by atoms with Crippen molar-refractivity contribution < 1.29 is 9.18 Å². The second-order valence-electron chi connectivity index (χ2n) is 3.98. The van der Waals surface area contributed by atoms with Crippen molar-refractivity contribution in [2.24, 2.45) is 0 Å². The summed E-state index contributed by atoms with van der Waals surface area (Å²) in [6, 6.07) is 7.59. The van der Waals surface area contributed by atoms with Crippen LogP contribution < -0.4 is 5.32 Å². The molecule has 98 valence electrons. The van der Waals surface area contributed by atoms with E-state index in [2.05, 4.69) is 10.3 Å². The third kappa shape index (κ3) is 3.29. The van der Waals surface area contributed by atoms with Crippen LogP contribution in [0.1, 0.15) is 23.0 Å². The largest absolute Gasteiger partial charge is 0.321 e. The van der Waals surface area contributed by atoms with Crippen LogP contribution in [0.5, 0.6) is 0 Å². The fourth-order valence-electron chi connectivity index (χ4n) is 1.63. The van der Waals surface area contributed by atoms with Crippen molar-refractivity contribution in [3.63, 3.8) is 0 Å². The van der Waals surface area contributed by atoms with E-state index < -0.39 is 0 Å². The second-order valence-corrected chi connectivity index (χ2v) is 4.41. The van der Waals surface area contributed by atoms with E-state index in [1.54, 1.807) is 12.1 Å². The lowest BCUT2D eigenvalue weighted by atomic mass is 10.1. The van der Waals surface area contributed by atoms with Gasteiger partial charge in [0, 0.05) is 11.9 Å². The van der Waals surface area contributed by atoms with Gasteiger partial charge in [-0.25, -0.2) is 9.37 Å². The number of rotatable bonds is 3. The first-order chi connectivity index (χ1) is 9.10. The topological polar surface area (TPSA) is 42.0 Å². The van der Waals surface area contributed by atoms with E-state index in [-0.39, 0.29) is 17.4 Å². The molecule has 0 unspecified atom stereocenters. The summed E-state index contributed by atoms with van der Waals surface area (Å²) in [5, 5.41) is 3.13. The molecule has 0 saturated carbocycles. The average Bonchev–Trinajstić information content (AvgIpc) is 2.41. The van der Waals surface area contributed by atoms with E-state index in [9.17, 15) is 9.18 Å². The number of carbonyl (C=O) groups is 1. The Hall–Kier alpha value is -1.94. The molecule has 0 bridgehead atoms. The van der Waals surface area contributed by atoms with Crippen molar-refractivity contribution in [2.75, 3.05) is 5.32 Å². The van der Waals surface area contributed by atoms with Gasteiger partial charge in [0.25, 0.3) is 5.91 Å². The fourth-order valence-corrected chi connectivity index (χ4v) is 1.74. The van der Waals surface area contributed by atoms with Gasteiger partial charge in [0.2, 0.25) is 0 Å². The molecule has 0 aliphatic rings. The highest BCUT2D eigenvalue weighted by Gasteiger charge is 2.09. The summed E-state index contributed by atoms with van der Waals surface area (Å²) in [5.74, 6) is -0.629. The molecule has 0 radical (unpaired) electrons. The van der Waals surface area contributed by atoms with Crippen LogP contribution >= 0.6 is 11.6 Å². The molecule has 1 aromatic heterocycles. The Morgan fingerprint density at radius 1 is 1.37 bits per heavy atom. The predicted molar refractivity (Wildman–Crippen MR) is 73.0 cm³/mol. The number of anilines is 1. The number of aryl methyl sites for hydroxylation is 1. The SMILES string of the molecule is CCc1cc(NC(=O)c2ccc(Cl)cn2)ccc1F. The maximum atomic E-state index is 13.3. The number of hydrogen-bond donors (Lipinski definition) is 1. The molecule has 0 fully saturated rings. The molecule has 1 N–H and O–H groups in total. The van der Waals surface area contributed by atoms with Crippen molar-refractivity contribution in [3.8, 4) is 0 Å². The second kappa shape index (κ2) is 5.80. The van der Waals surface area contributed by atoms with Gasteiger partial charge in [-0.2, -0.15) is 0 Å². The van der Waals surface area contributed by atoms with Crippen molar-refractivity contribution in [3.05, 3.63) is 58.6 Å². The standard InChI is InChI=1S/C14H12ClFN2O/c1-2-9-7-11(4-5-12(9)16)18-14(19)13-6-3-10(15)8-17-13/h3-8H,2H2,1H3,(H,18,19). The summed E-state index contributed by atoms with van der Waals surface area (Å²) >= 11 is 5.70. The van der Waals surface area contributed by atoms with E-state index in [1.165, 1.54) is 24.4 Å². The maximum Gasteiger partial charge on any atom is 0.274 e. The first kappa shape index (κ1) is 13.5. The normalized spacial score (nSPS) is 10.3. The Bertz CT molecular complexity index is 599. The van der Waals surface area contributed by atoms with Crippen LogP contribution in [-0.2, 0) is 6.42 Å². The zero-order chi connectivity index (χ0) is 13.8. The van der Waals surface area contributed by atoms with Crippen molar-refractivity contribution in [1.29, 1.82) is 0 Å². The van der Waals surface area contributed by atoms with Crippen molar-refractivity contribution >= 4 is 23.2 Å². The molecular weight excluding hydrogens is 267 g/mol. The molecule has 0 saturated heterocycles. The van der Waals surface area contributed by atoms with E-state index in [4.69, 9.17) is 11.6 Å². The first-order valence-electron chi connectivity index (χ1n) is 5.81. The van der Waals surface area contributed by atoms with Crippen LogP contribution in [0.2, 0.25) is 5.02 Å². The Morgan fingerprint density at radius 3 is 2.79 bits per heavy atom. The third-order valence-corrected chi connectivity index (χ3v) is 2.87. The number of hydrogen-bond acceptors (Lipinski definition) is 2. The molecule has 1 aromatic carbocycles. The molecule has 0 spiro atoms. The summed E-state index contributed by atoms with van der Waals surface area (Å²) in [5.41, 5.74) is 1.36. The van der Waals surface area contributed by atoms with Crippen LogP contribution in [0.4, 0.5) is 10.1 Å². The number of pyridine rings is 1. The number of nitrogens with zero attached hydrogens (tertiary/aromatic N) is 1. The molecule has 3 nitrogen and oxygen atoms in total. The lowest BCUT2D eigenvalue weighted by molar-refractivity contribution is 0.102. The lowest BCUT2D eigenvalue weighted by Gasteiger charge is -2.07. The summed E-state index contributed by atoms with van der Waals surface area (Å²) in [6.07, 6.45) is 1.97. The zero-order valence-corrected chi connectivity index (χ0v) is 11.0. The van der Waals surface area contributed by atoms with E-state index in [1.807, 2.05) is 6.92 Å². The molecule has 0 atom stereocenters. The quantitative estimate of drug-likeness (QED) is 0.930. The molecule has 1 amide bonds. The van der Waals surface area contributed by atoms with Crippen LogP contribution in [0.25, 0.3) is 0 Å². The summed E-state index contributed by atoms with van der Waals surface area (Å²) in [6.45, 7) is 1.85. The minimum Gasteiger partial charge on any atom is -0.321 e. The van der Waals surface area contributed by atoms with Gasteiger partial charge in [-0.1, -0.05) is 18.5 Å². The van der Waals surface area contributed by atoms with Gasteiger partial charge < -0.3 is 5.32 Å². The van der Waals surface area contributed by atoms with Gasteiger partial charge in [0.15, 0.2) is 0 Å². The molecule has 2 aromatic rings. The predicted octanol–water partition coefficient (Wildman–Crippen LogP) is 3.69. The molecule has 1 heterocycles. The highest BCUT2D eigenvalue weighted by Crippen LogP contribution is 2.16. The number of aromatic nitrogens is 1. The first-order valence-corrected chi connectivity index (χ1v) is 6.19. The maximum absolute atomic E-state index is 13.3.